The van der Waals surface area contributed by atoms with Crippen LogP contribution in [0.3, 0.4) is 0 Å². The van der Waals surface area contributed by atoms with Gasteiger partial charge in [-0.15, -0.1) is 0 Å². The highest BCUT2D eigenvalue weighted by atomic mass is 79.9. The number of hydrogen-bond donors (Lipinski definition) is 1. The van der Waals surface area contributed by atoms with Gasteiger partial charge in [-0.05, 0) is 40.8 Å². The average molecular weight is 271 g/mol. The molecule has 1 aliphatic rings. The van der Waals surface area contributed by atoms with Crippen molar-refractivity contribution >= 4 is 21.6 Å². The van der Waals surface area contributed by atoms with Crippen LogP contribution in [0.2, 0.25) is 0 Å². The van der Waals surface area contributed by atoms with Crippen LogP contribution < -0.4 is 5.73 Å². The van der Waals surface area contributed by atoms with Gasteiger partial charge in [0.15, 0.2) is 0 Å². The Morgan fingerprint density at radius 1 is 1.47 bits per heavy atom. The third-order valence-corrected chi connectivity index (χ3v) is 3.79. The van der Waals surface area contributed by atoms with E-state index >= 15 is 0 Å². The quantitative estimate of drug-likeness (QED) is 0.664. The van der Waals surface area contributed by atoms with Crippen molar-refractivity contribution in [1.29, 1.82) is 0 Å². The molecule has 0 bridgehead atoms. The van der Waals surface area contributed by atoms with Crippen LogP contribution in [-0.2, 0) is 5.54 Å². The summed E-state index contributed by atoms with van der Waals surface area (Å²) in [6, 6.07) is 5.02. The van der Waals surface area contributed by atoms with Gasteiger partial charge in [0, 0.05) is 11.6 Å². The molecule has 0 aromatic heterocycles. The molecule has 1 aliphatic carbocycles. The van der Waals surface area contributed by atoms with Gasteiger partial charge in [0.1, 0.15) is 4.47 Å². The lowest BCUT2D eigenvalue weighted by atomic mass is 9.73. The van der Waals surface area contributed by atoms with Gasteiger partial charge < -0.3 is 5.73 Å². The van der Waals surface area contributed by atoms with Gasteiger partial charge in [0.2, 0.25) is 0 Å². The van der Waals surface area contributed by atoms with Gasteiger partial charge in [-0.3, -0.25) is 10.1 Å². The molecule has 0 saturated heterocycles. The van der Waals surface area contributed by atoms with Gasteiger partial charge in [-0.1, -0.05) is 12.1 Å². The smallest absolute Gasteiger partial charge is 0.283 e. The Labute approximate surface area is 95.7 Å². The summed E-state index contributed by atoms with van der Waals surface area (Å²) in [4.78, 5) is 10.3. The zero-order valence-corrected chi connectivity index (χ0v) is 9.66. The molecule has 2 N–H and O–H groups in total. The molecule has 0 heterocycles. The highest BCUT2D eigenvalue weighted by Crippen LogP contribution is 2.44. The highest BCUT2D eigenvalue weighted by Gasteiger charge is 2.37. The lowest BCUT2D eigenvalue weighted by molar-refractivity contribution is -0.385. The highest BCUT2D eigenvalue weighted by molar-refractivity contribution is 9.10. The molecule has 0 unspecified atom stereocenters. The summed E-state index contributed by atoms with van der Waals surface area (Å²) in [5.41, 5.74) is 6.71. The number of halogens is 1. The summed E-state index contributed by atoms with van der Waals surface area (Å²) in [5, 5.41) is 10.7. The van der Waals surface area contributed by atoms with Crippen LogP contribution in [0.1, 0.15) is 24.8 Å². The first kappa shape index (κ1) is 10.6. The van der Waals surface area contributed by atoms with Crippen molar-refractivity contribution in [1.82, 2.24) is 0 Å². The Morgan fingerprint density at radius 3 is 2.60 bits per heavy atom. The Balaban J connectivity index is 2.49. The molecule has 0 aliphatic heterocycles. The lowest BCUT2D eigenvalue weighted by Crippen LogP contribution is -2.43. The molecule has 1 aromatic carbocycles. The average Bonchev–Trinajstić information content (AvgIpc) is 2.14. The first-order chi connectivity index (χ1) is 7.04. The summed E-state index contributed by atoms with van der Waals surface area (Å²) >= 11 is 3.27. The first-order valence-electron chi connectivity index (χ1n) is 4.77. The third kappa shape index (κ3) is 1.66. The summed E-state index contributed by atoms with van der Waals surface area (Å²) in [5.74, 6) is 0. The van der Waals surface area contributed by atoms with E-state index in [1.807, 2.05) is 6.07 Å². The van der Waals surface area contributed by atoms with E-state index in [0.29, 0.717) is 4.47 Å². The second-order valence-electron chi connectivity index (χ2n) is 3.91. The molecule has 0 spiro atoms. The van der Waals surface area contributed by atoms with E-state index in [2.05, 4.69) is 15.9 Å². The number of nitrogens with zero attached hydrogens (tertiary/aromatic N) is 1. The van der Waals surface area contributed by atoms with Crippen LogP contribution in [0, 0.1) is 10.1 Å². The zero-order valence-electron chi connectivity index (χ0n) is 8.07. The number of hydrogen-bond acceptors (Lipinski definition) is 3. The Bertz CT molecular complexity index is 416. The van der Waals surface area contributed by atoms with Crippen LogP contribution in [0.5, 0.6) is 0 Å². The largest absolute Gasteiger partial charge is 0.321 e. The molecule has 0 radical (unpaired) electrons. The normalized spacial score (nSPS) is 18.3. The van der Waals surface area contributed by atoms with Crippen molar-refractivity contribution < 1.29 is 4.92 Å². The number of nitro groups is 1. The standard InChI is InChI=1S/C10H11BrN2O2/c11-9-7(10(12)5-2-6-10)3-1-4-8(9)13(14)15/h1,3-4H,2,5-6,12H2. The molecule has 5 heteroatoms. The summed E-state index contributed by atoms with van der Waals surface area (Å²) in [7, 11) is 0. The first-order valence-corrected chi connectivity index (χ1v) is 5.56. The molecular weight excluding hydrogens is 260 g/mol. The Morgan fingerprint density at radius 2 is 2.13 bits per heavy atom. The minimum Gasteiger partial charge on any atom is -0.321 e. The van der Waals surface area contributed by atoms with Crippen molar-refractivity contribution in [2.45, 2.75) is 24.8 Å². The maximum Gasteiger partial charge on any atom is 0.283 e. The van der Waals surface area contributed by atoms with Gasteiger partial charge >= 0.3 is 0 Å². The number of nitrogens with two attached hydrogens (primary N) is 1. The predicted octanol–water partition coefficient (Wildman–Crippen LogP) is 2.70. The number of rotatable bonds is 2. The summed E-state index contributed by atoms with van der Waals surface area (Å²) < 4.78 is 0.525. The van der Waals surface area contributed by atoms with Crippen molar-refractivity contribution in [3.63, 3.8) is 0 Å². The predicted molar refractivity (Wildman–Crippen MR) is 60.5 cm³/mol. The van der Waals surface area contributed by atoms with Crippen molar-refractivity contribution in [3.05, 3.63) is 38.3 Å². The van der Waals surface area contributed by atoms with Gasteiger partial charge in [-0.25, -0.2) is 0 Å². The van der Waals surface area contributed by atoms with Gasteiger partial charge in [0.05, 0.1) is 4.92 Å². The molecule has 1 fully saturated rings. The zero-order chi connectivity index (χ0) is 11.1. The molecule has 4 nitrogen and oxygen atoms in total. The molecule has 15 heavy (non-hydrogen) atoms. The van der Waals surface area contributed by atoms with Gasteiger partial charge in [0.25, 0.3) is 5.69 Å². The molecule has 2 rings (SSSR count). The maximum atomic E-state index is 10.7. The maximum absolute atomic E-state index is 10.7. The molecular formula is C10H11BrN2O2. The monoisotopic (exact) mass is 270 g/mol. The van der Waals surface area contributed by atoms with Crippen LogP contribution >= 0.6 is 15.9 Å². The molecule has 1 saturated carbocycles. The van der Waals surface area contributed by atoms with E-state index in [1.165, 1.54) is 6.07 Å². The Kier molecular flexibility index (Phi) is 2.52. The topological polar surface area (TPSA) is 69.2 Å². The van der Waals surface area contributed by atoms with Gasteiger partial charge in [-0.2, -0.15) is 0 Å². The minimum atomic E-state index is -0.393. The molecule has 1 aromatic rings. The van der Waals surface area contributed by atoms with Crippen LogP contribution in [-0.4, -0.2) is 4.92 Å². The van der Waals surface area contributed by atoms with E-state index in [0.717, 1.165) is 24.8 Å². The van der Waals surface area contributed by atoms with E-state index in [9.17, 15) is 10.1 Å². The number of benzene rings is 1. The molecule has 80 valence electrons. The third-order valence-electron chi connectivity index (χ3n) is 2.96. The number of nitro benzene ring substituents is 1. The lowest BCUT2D eigenvalue weighted by Gasteiger charge is -2.39. The molecule has 0 amide bonds. The van der Waals surface area contributed by atoms with Crippen LogP contribution in [0.25, 0.3) is 0 Å². The van der Waals surface area contributed by atoms with Crippen molar-refractivity contribution in [3.8, 4) is 0 Å². The Hall–Kier alpha value is -0.940. The van der Waals surface area contributed by atoms with E-state index in [1.54, 1.807) is 6.07 Å². The SMILES string of the molecule is NC1(c2cccc([N+](=O)[O-])c2Br)CCC1. The minimum absolute atomic E-state index is 0.0872. The fraction of sp³-hybridized carbons (Fsp3) is 0.400. The molecule has 0 atom stereocenters. The van der Waals surface area contributed by atoms with Crippen molar-refractivity contribution in [2.75, 3.05) is 0 Å². The van der Waals surface area contributed by atoms with E-state index < -0.39 is 4.92 Å². The second-order valence-corrected chi connectivity index (χ2v) is 4.70. The fourth-order valence-electron chi connectivity index (χ4n) is 1.87. The summed E-state index contributed by atoms with van der Waals surface area (Å²) in [6.07, 6.45) is 2.88. The van der Waals surface area contributed by atoms with E-state index in [4.69, 9.17) is 5.73 Å². The van der Waals surface area contributed by atoms with Crippen LogP contribution in [0.4, 0.5) is 5.69 Å². The fourth-order valence-corrected chi connectivity index (χ4v) is 2.68. The second kappa shape index (κ2) is 3.57. The van der Waals surface area contributed by atoms with E-state index in [-0.39, 0.29) is 11.2 Å². The van der Waals surface area contributed by atoms with Crippen molar-refractivity contribution in [2.24, 2.45) is 5.73 Å². The summed E-state index contributed by atoms with van der Waals surface area (Å²) in [6.45, 7) is 0. The van der Waals surface area contributed by atoms with Crippen LogP contribution in [0.15, 0.2) is 22.7 Å².